The van der Waals surface area contributed by atoms with Crippen molar-refractivity contribution < 1.29 is 14.3 Å². The summed E-state index contributed by atoms with van der Waals surface area (Å²) in [5.41, 5.74) is 6.46. The van der Waals surface area contributed by atoms with Crippen molar-refractivity contribution >= 4 is 32.6 Å². The van der Waals surface area contributed by atoms with E-state index in [0.29, 0.717) is 18.3 Å². The molecule has 4 rings (SSSR count). The van der Waals surface area contributed by atoms with E-state index in [4.69, 9.17) is 20.2 Å². The van der Waals surface area contributed by atoms with E-state index in [2.05, 4.69) is 16.0 Å². The second kappa shape index (κ2) is 8.02. The lowest BCUT2D eigenvalue weighted by molar-refractivity contribution is 0.0995. The number of nitrogens with zero attached hydrogens (tertiary/aromatic N) is 3. The Hall–Kier alpha value is -2.87. The molecule has 1 aliphatic heterocycles. The molecular formula is C20H22N4O3S. The first kappa shape index (κ1) is 18.5. The van der Waals surface area contributed by atoms with E-state index in [0.717, 1.165) is 42.3 Å². The molecule has 28 heavy (non-hydrogen) atoms. The summed E-state index contributed by atoms with van der Waals surface area (Å²) < 4.78 is 12.3. The molecule has 7 nitrogen and oxygen atoms in total. The number of amides is 1. The van der Waals surface area contributed by atoms with Crippen LogP contribution >= 0.6 is 11.3 Å². The van der Waals surface area contributed by atoms with Gasteiger partial charge in [-0.1, -0.05) is 11.3 Å². The molecule has 2 N–H and O–H groups in total. The average Bonchev–Trinajstić information content (AvgIpc) is 3.16. The largest absolute Gasteiger partial charge is 0.497 e. The average molecular weight is 398 g/mol. The molecule has 1 saturated heterocycles. The molecule has 0 saturated carbocycles. The van der Waals surface area contributed by atoms with Crippen LogP contribution in [-0.2, 0) is 0 Å². The van der Waals surface area contributed by atoms with Crippen molar-refractivity contribution in [2.45, 2.75) is 12.8 Å². The van der Waals surface area contributed by atoms with Crippen molar-refractivity contribution in [1.29, 1.82) is 0 Å². The molecule has 0 spiro atoms. The monoisotopic (exact) mass is 398 g/mol. The van der Waals surface area contributed by atoms with E-state index in [1.54, 1.807) is 36.8 Å². The van der Waals surface area contributed by atoms with Crippen molar-refractivity contribution in [2.24, 2.45) is 11.7 Å². The number of rotatable bonds is 6. The maximum absolute atomic E-state index is 11.2. The first-order chi connectivity index (χ1) is 13.6. The molecule has 3 heterocycles. The maximum Gasteiger partial charge on any atom is 0.267 e. The summed E-state index contributed by atoms with van der Waals surface area (Å²) in [6.45, 7) is 2.52. The fourth-order valence-corrected chi connectivity index (χ4v) is 4.30. The number of methoxy groups -OCH3 is 1. The van der Waals surface area contributed by atoms with Gasteiger partial charge in [0.05, 0.1) is 23.9 Å². The highest BCUT2D eigenvalue weighted by Gasteiger charge is 2.22. The molecule has 1 aromatic carbocycles. The van der Waals surface area contributed by atoms with E-state index >= 15 is 0 Å². The van der Waals surface area contributed by atoms with Crippen molar-refractivity contribution in [3.05, 3.63) is 42.2 Å². The number of pyridine rings is 1. The van der Waals surface area contributed by atoms with E-state index in [1.165, 1.54) is 4.70 Å². The van der Waals surface area contributed by atoms with E-state index in [1.807, 2.05) is 12.1 Å². The zero-order valence-corrected chi connectivity index (χ0v) is 16.4. The summed E-state index contributed by atoms with van der Waals surface area (Å²) in [5, 5.41) is 1.06. The third kappa shape index (κ3) is 4.01. The van der Waals surface area contributed by atoms with Gasteiger partial charge in [0, 0.05) is 31.4 Å². The van der Waals surface area contributed by atoms with Crippen LogP contribution in [0.4, 0.5) is 5.13 Å². The summed E-state index contributed by atoms with van der Waals surface area (Å²) in [7, 11) is 1.67. The molecule has 0 atom stereocenters. The number of benzene rings is 1. The van der Waals surface area contributed by atoms with Crippen LogP contribution in [0.15, 0.2) is 36.5 Å². The Morgan fingerprint density at radius 3 is 2.82 bits per heavy atom. The lowest BCUT2D eigenvalue weighted by atomic mass is 9.98. The molecule has 2 aromatic heterocycles. The van der Waals surface area contributed by atoms with Crippen molar-refractivity contribution in [2.75, 3.05) is 31.7 Å². The van der Waals surface area contributed by atoms with Crippen LogP contribution in [0.3, 0.4) is 0 Å². The zero-order valence-electron chi connectivity index (χ0n) is 15.6. The van der Waals surface area contributed by atoms with E-state index in [9.17, 15) is 4.79 Å². The smallest absolute Gasteiger partial charge is 0.267 e. The summed E-state index contributed by atoms with van der Waals surface area (Å²) in [5.74, 6) is 1.38. The summed E-state index contributed by atoms with van der Waals surface area (Å²) in [6.07, 6.45) is 3.61. The first-order valence-corrected chi connectivity index (χ1v) is 10.0. The molecule has 0 bridgehead atoms. The van der Waals surface area contributed by atoms with Crippen molar-refractivity contribution in [3.8, 4) is 11.5 Å². The lowest BCUT2D eigenvalue weighted by Gasteiger charge is -2.31. The fourth-order valence-electron chi connectivity index (χ4n) is 3.30. The number of hydrogen-bond acceptors (Lipinski definition) is 7. The van der Waals surface area contributed by atoms with Gasteiger partial charge in [-0.15, -0.1) is 0 Å². The number of nitrogens with two attached hydrogens (primary N) is 1. The number of carbonyl (C=O) groups is 1. The number of anilines is 1. The number of primary amides is 1. The SMILES string of the molecule is COc1ccc2sc(N3CCC(COc4ccnc(C(N)=O)c4)CC3)nc2c1. The van der Waals surface area contributed by atoms with Gasteiger partial charge in [-0.25, -0.2) is 4.98 Å². The third-order valence-electron chi connectivity index (χ3n) is 4.94. The van der Waals surface area contributed by atoms with Gasteiger partial charge >= 0.3 is 0 Å². The predicted octanol–water partition coefficient (Wildman–Crippen LogP) is 3.09. The Labute approximate surface area is 167 Å². The van der Waals surface area contributed by atoms with Crippen molar-refractivity contribution in [3.63, 3.8) is 0 Å². The number of aromatic nitrogens is 2. The van der Waals surface area contributed by atoms with Gasteiger partial charge in [0.25, 0.3) is 5.91 Å². The standard InChI is InChI=1S/C20H22N4O3S/c1-26-14-2-3-18-16(10-14)23-20(28-18)24-8-5-13(6-9-24)12-27-15-4-7-22-17(11-15)19(21)25/h2-4,7,10-11,13H,5-6,8-9,12H2,1H3,(H2,21,25). The predicted molar refractivity (Wildman–Crippen MR) is 109 cm³/mol. The Balaban J connectivity index is 1.33. The molecular weight excluding hydrogens is 376 g/mol. The fraction of sp³-hybridized carbons (Fsp3) is 0.350. The van der Waals surface area contributed by atoms with Crippen LogP contribution in [0.5, 0.6) is 11.5 Å². The zero-order chi connectivity index (χ0) is 19.5. The number of fused-ring (bicyclic) bond motifs is 1. The number of carbonyl (C=O) groups excluding carboxylic acids is 1. The van der Waals surface area contributed by atoms with Crippen LogP contribution in [0.1, 0.15) is 23.3 Å². The van der Waals surface area contributed by atoms with Gasteiger partial charge < -0.3 is 20.1 Å². The van der Waals surface area contributed by atoms with Crippen LogP contribution in [0.25, 0.3) is 10.2 Å². The van der Waals surface area contributed by atoms with E-state index in [-0.39, 0.29) is 5.69 Å². The van der Waals surface area contributed by atoms with Crippen LogP contribution < -0.4 is 20.1 Å². The van der Waals surface area contributed by atoms with Gasteiger partial charge in [-0.05, 0) is 37.0 Å². The molecule has 146 valence electrons. The number of ether oxygens (including phenoxy) is 2. The summed E-state index contributed by atoms with van der Waals surface area (Å²) >= 11 is 1.72. The van der Waals surface area contributed by atoms with Crippen molar-refractivity contribution in [1.82, 2.24) is 9.97 Å². The number of hydrogen-bond donors (Lipinski definition) is 1. The third-order valence-corrected chi connectivity index (χ3v) is 6.04. The van der Waals surface area contributed by atoms with Gasteiger partial charge in [0.15, 0.2) is 5.13 Å². The summed E-state index contributed by atoms with van der Waals surface area (Å²) in [6, 6.07) is 9.34. The molecule has 0 unspecified atom stereocenters. The normalized spacial score (nSPS) is 15.0. The first-order valence-electron chi connectivity index (χ1n) is 9.20. The van der Waals surface area contributed by atoms with E-state index < -0.39 is 5.91 Å². The maximum atomic E-state index is 11.2. The molecule has 0 radical (unpaired) electrons. The van der Waals surface area contributed by atoms with Crippen LogP contribution in [0, 0.1) is 5.92 Å². The molecule has 0 aliphatic carbocycles. The number of thiazole rings is 1. The minimum Gasteiger partial charge on any atom is -0.497 e. The highest BCUT2D eigenvalue weighted by Crippen LogP contribution is 2.33. The van der Waals surface area contributed by atoms with Gasteiger partial charge in [0.1, 0.15) is 17.2 Å². The minimum absolute atomic E-state index is 0.222. The topological polar surface area (TPSA) is 90.6 Å². The lowest BCUT2D eigenvalue weighted by Crippen LogP contribution is -2.35. The molecule has 3 aromatic rings. The van der Waals surface area contributed by atoms with Crippen LogP contribution in [0.2, 0.25) is 0 Å². The molecule has 8 heteroatoms. The van der Waals surface area contributed by atoms with Gasteiger partial charge in [0.2, 0.25) is 0 Å². The molecule has 1 amide bonds. The quantitative estimate of drug-likeness (QED) is 0.686. The Morgan fingerprint density at radius 1 is 1.25 bits per heavy atom. The second-order valence-corrected chi connectivity index (χ2v) is 7.82. The molecule has 1 fully saturated rings. The van der Waals surface area contributed by atoms with Gasteiger partial charge in [-0.2, -0.15) is 0 Å². The van der Waals surface area contributed by atoms with Gasteiger partial charge in [-0.3, -0.25) is 9.78 Å². The number of piperidine rings is 1. The molecule has 1 aliphatic rings. The Bertz CT molecular complexity index is 982. The second-order valence-electron chi connectivity index (χ2n) is 6.81. The Morgan fingerprint density at radius 2 is 2.07 bits per heavy atom. The Kier molecular flexibility index (Phi) is 5.29. The van der Waals surface area contributed by atoms with Crippen LogP contribution in [-0.4, -0.2) is 42.7 Å². The highest BCUT2D eigenvalue weighted by atomic mass is 32.1. The summed E-state index contributed by atoms with van der Waals surface area (Å²) in [4.78, 5) is 22.3. The minimum atomic E-state index is -0.549. The highest BCUT2D eigenvalue weighted by molar-refractivity contribution is 7.22.